The molecule has 1 nitrogen and oxygen atoms in total. The third-order valence-electron chi connectivity index (χ3n) is 1.55. The Morgan fingerprint density at radius 1 is 1.18 bits per heavy atom. The van der Waals surface area contributed by atoms with Crippen LogP contribution in [0.3, 0.4) is 0 Å². The molecule has 1 aliphatic rings. The van der Waals surface area contributed by atoms with Crippen molar-refractivity contribution in [3.8, 4) is 5.75 Å². The topological polar surface area (TPSA) is 9.23 Å². The maximum atomic E-state index is 5.34. The number of ether oxygens (including phenoxy) is 1. The summed E-state index contributed by atoms with van der Waals surface area (Å²) in [6.07, 6.45) is 4.10. The molecule has 1 heterocycles. The largest absolute Gasteiger partial charge is 0.489 e. The van der Waals surface area contributed by atoms with Gasteiger partial charge in [-0.1, -0.05) is 24.3 Å². The molecule has 0 N–H and O–H groups in total. The van der Waals surface area contributed by atoms with Crippen molar-refractivity contribution in [1.29, 1.82) is 0 Å². The smallest absolute Gasteiger partial charge is 0.126 e. The van der Waals surface area contributed by atoms with Crippen molar-refractivity contribution in [2.75, 3.05) is 6.61 Å². The molecule has 11 heavy (non-hydrogen) atoms. The molecule has 2 heteroatoms. The zero-order chi connectivity index (χ0) is 6.81. The van der Waals surface area contributed by atoms with Crippen LogP contribution in [0.2, 0.25) is 0 Å². The van der Waals surface area contributed by atoms with Crippen LogP contribution in [0, 0.1) is 0 Å². The van der Waals surface area contributed by atoms with Crippen LogP contribution >= 0.6 is 0 Å². The first kappa shape index (κ1) is 8.38. The minimum atomic E-state index is 0. The summed E-state index contributed by atoms with van der Waals surface area (Å²) in [5.41, 5.74) is 1.17. The number of hydrogen-bond donors (Lipinski definition) is 0. The summed E-state index contributed by atoms with van der Waals surface area (Å²) in [5, 5.41) is 0. The van der Waals surface area contributed by atoms with E-state index in [1.165, 1.54) is 5.56 Å². The van der Waals surface area contributed by atoms with Crippen LogP contribution in [0.15, 0.2) is 30.3 Å². The Hall–Kier alpha value is -0.721. The zero-order valence-corrected chi connectivity index (χ0v) is 6.82. The molecule has 0 saturated heterocycles. The van der Waals surface area contributed by atoms with Gasteiger partial charge in [0.1, 0.15) is 12.4 Å². The van der Waals surface area contributed by atoms with Crippen LogP contribution in [0.25, 0.3) is 6.08 Å². The van der Waals surface area contributed by atoms with E-state index in [9.17, 15) is 0 Å². The van der Waals surface area contributed by atoms with Crippen LogP contribution in [0.1, 0.15) is 5.56 Å². The summed E-state index contributed by atoms with van der Waals surface area (Å²) in [6.45, 7) is 0.705. The minimum absolute atomic E-state index is 0. The number of hydrogen-bond acceptors (Lipinski definition) is 1. The molecule has 1 radical (unpaired) electrons. The van der Waals surface area contributed by atoms with Crippen molar-refractivity contribution in [1.82, 2.24) is 0 Å². The average molecular weight is 196 g/mol. The SMILES string of the molecule is C1=Cc2ccccc2OC1.[Cu]. The molecule has 0 spiro atoms. The third-order valence-corrected chi connectivity index (χ3v) is 1.55. The maximum Gasteiger partial charge on any atom is 0.126 e. The number of rotatable bonds is 0. The van der Waals surface area contributed by atoms with E-state index in [0.29, 0.717) is 6.61 Å². The maximum absolute atomic E-state index is 5.34. The van der Waals surface area contributed by atoms with E-state index in [2.05, 4.69) is 6.08 Å². The summed E-state index contributed by atoms with van der Waals surface area (Å²) in [7, 11) is 0. The van der Waals surface area contributed by atoms with Crippen molar-refractivity contribution in [2.45, 2.75) is 0 Å². The minimum Gasteiger partial charge on any atom is -0.489 e. The van der Waals surface area contributed by atoms with Crippen LogP contribution < -0.4 is 4.74 Å². The van der Waals surface area contributed by atoms with Crippen molar-refractivity contribution in [3.05, 3.63) is 35.9 Å². The molecular weight excluding hydrogens is 188 g/mol. The Bertz CT molecular complexity index is 268. The van der Waals surface area contributed by atoms with Gasteiger partial charge in [-0.05, 0) is 12.1 Å². The van der Waals surface area contributed by atoms with Gasteiger partial charge >= 0.3 is 0 Å². The summed E-state index contributed by atoms with van der Waals surface area (Å²) < 4.78 is 5.34. The Morgan fingerprint density at radius 3 is 2.82 bits per heavy atom. The molecule has 0 bridgehead atoms. The van der Waals surface area contributed by atoms with E-state index in [-0.39, 0.29) is 17.1 Å². The van der Waals surface area contributed by atoms with E-state index in [1.807, 2.05) is 30.3 Å². The molecule has 1 aromatic rings. The number of para-hydroxylation sites is 1. The van der Waals surface area contributed by atoms with Crippen molar-refractivity contribution in [2.24, 2.45) is 0 Å². The van der Waals surface area contributed by atoms with Crippen molar-refractivity contribution in [3.63, 3.8) is 0 Å². The van der Waals surface area contributed by atoms with Crippen LogP contribution in [0.4, 0.5) is 0 Å². The number of benzene rings is 1. The fourth-order valence-electron chi connectivity index (χ4n) is 1.06. The van der Waals surface area contributed by atoms with Crippen LogP contribution in [-0.4, -0.2) is 6.61 Å². The quantitative estimate of drug-likeness (QED) is 0.577. The molecule has 0 aromatic heterocycles. The predicted octanol–water partition coefficient (Wildman–Crippen LogP) is 2.09. The zero-order valence-electron chi connectivity index (χ0n) is 5.88. The van der Waals surface area contributed by atoms with E-state index in [1.54, 1.807) is 0 Å². The second kappa shape index (κ2) is 3.61. The monoisotopic (exact) mass is 195 g/mol. The van der Waals surface area contributed by atoms with Gasteiger partial charge in [-0.15, -0.1) is 0 Å². The first-order valence-electron chi connectivity index (χ1n) is 3.35. The molecule has 0 amide bonds. The van der Waals surface area contributed by atoms with E-state index >= 15 is 0 Å². The molecule has 0 saturated carbocycles. The predicted molar refractivity (Wildman–Crippen MR) is 41.0 cm³/mol. The average Bonchev–Trinajstić information content (AvgIpc) is 2.05. The Morgan fingerprint density at radius 2 is 2.00 bits per heavy atom. The molecule has 0 atom stereocenters. The molecule has 0 unspecified atom stereocenters. The van der Waals surface area contributed by atoms with Crippen molar-refractivity contribution < 1.29 is 21.8 Å². The van der Waals surface area contributed by atoms with Gasteiger partial charge in [0.15, 0.2) is 0 Å². The Kier molecular flexibility index (Phi) is 2.75. The first-order chi connectivity index (χ1) is 4.97. The van der Waals surface area contributed by atoms with E-state index in [0.717, 1.165) is 5.75 Å². The second-order valence-electron chi connectivity index (χ2n) is 2.25. The number of fused-ring (bicyclic) bond motifs is 1. The van der Waals surface area contributed by atoms with Gasteiger partial charge in [0.05, 0.1) is 0 Å². The van der Waals surface area contributed by atoms with Crippen molar-refractivity contribution >= 4 is 6.08 Å². The summed E-state index contributed by atoms with van der Waals surface area (Å²) in [6, 6.07) is 8.03. The summed E-state index contributed by atoms with van der Waals surface area (Å²) in [4.78, 5) is 0. The van der Waals surface area contributed by atoms with Gasteiger partial charge in [0, 0.05) is 22.6 Å². The van der Waals surface area contributed by atoms with Gasteiger partial charge in [-0.2, -0.15) is 0 Å². The molecule has 61 valence electrons. The molecule has 2 rings (SSSR count). The Balaban J connectivity index is 0.000000605. The normalized spacial score (nSPS) is 12.7. The third kappa shape index (κ3) is 1.65. The fourth-order valence-corrected chi connectivity index (χ4v) is 1.06. The van der Waals surface area contributed by atoms with Gasteiger partial charge in [-0.3, -0.25) is 0 Å². The second-order valence-corrected chi connectivity index (χ2v) is 2.25. The molecular formula is C9H8CuO. The van der Waals surface area contributed by atoms with E-state index < -0.39 is 0 Å². The molecule has 0 fully saturated rings. The molecule has 1 aromatic carbocycles. The van der Waals surface area contributed by atoms with Gasteiger partial charge < -0.3 is 4.74 Å². The van der Waals surface area contributed by atoms with E-state index in [4.69, 9.17) is 4.74 Å². The summed E-state index contributed by atoms with van der Waals surface area (Å²) in [5.74, 6) is 0.991. The molecule has 0 aliphatic carbocycles. The summed E-state index contributed by atoms with van der Waals surface area (Å²) >= 11 is 0. The Labute approximate surface area is 76.5 Å². The van der Waals surface area contributed by atoms with Gasteiger partial charge in [0.2, 0.25) is 0 Å². The van der Waals surface area contributed by atoms with Crippen LogP contribution in [0.5, 0.6) is 5.75 Å². The van der Waals surface area contributed by atoms with Crippen LogP contribution in [-0.2, 0) is 17.1 Å². The van der Waals surface area contributed by atoms with Gasteiger partial charge in [-0.25, -0.2) is 0 Å². The molecule has 1 aliphatic heterocycles. The standard InChI is InChI=1S/C9H8O.Cu/c1-2-6-9-8(4-1)5-3-7-10-9;/h1-6H,7H2;. The first-order valence-corrected chi connectivity index (χ1v) is 3.35. The van der Waals surface area contributed by atoms with Gasteiger partial charge in [0.25, 0.3) is 0 Å². The fraction of sp³-hybridized carbons (Fsp3) is 0.111.